The number of aliphatic hydroxyl groups excluding tert-OH is 4. The predicted molar refractivity (Wildman–Crippen MR) is 75.0 cm³/mol. The highest BCUT2D eigenvalue weighted by Crippen LogP contribution is 2.24. The van der Waals surface area contributed by atoms with Gasteiger partial charge in [0, 0.05) is 5.69 Å². The summed E-state index contributed by atoms with van der Waals surface area (Å²) in [5, 5.41) is 41.4. The van der Waals surface area contributed by atoms with E-state index in [0.29, 0.717) is 12.3 Å². The van der Waals surface area contributed by atoms with Crippen LogP contribution in [-0.4, -0.2) is 64.3 Å². The normalized spacial score (nSPS) is 32.7. The fraction of sp³-hybridized carbons (Fsp3) is 0.571. The minimum atomic E-state index is -1.39. The molecule has 0 aliphatic carbocycles. The van der Waals surface area contributed by atoms with E-state index in [0.717, 1.165) is 5.75 Å². The molecule has 118 valence electrons. The van der Waals surface area contributed by atoms with E-state index >= 15 is 0 Å². The number of hydrogen-bond acceptors (Lipinski definition) is 7. The summed E-state index contributed by atoms with van der Waals surface area (Å²) in [4.78, 5) is 0. The van der Waals surface area contributed by atoms with Gasteiger partial charge in [-0.15, -0.1) is 0 Å². The minimum absolute atomic E-state index is 0.452. The summed E-state index contributed by atoms with van der Waals surface area (Å²) in [6.45, 7) is 2.01. The van der Waals surface area contributed by atoms with Gasteiger partial charge in [-0.2, -0.15) is 0 Å². The summed E-state index contributed by atoms with van der Waals surface area (Å²) in [5.74, 6) is 0.719. The highest BCUT2D eigenvalue weighted by molar-refractivity contribution is 5.47. The third-order valence-electron chi connectivity index (χ3n) is 3.37. The molecule has 2 rings (SSSR count). The number of nitrogens with one attached hydrogen (secondary N) is 1. The fourth-order valence-electron chi connectivity index (χ4n) is 2.20. The van der Waals surface area contributed by atoms with Crippen molar-refractivity contribution < 1.29 is 29.9 Å². The Bertz CT molecular complexity index is 438. The van der Waals surface area contributed by atoms with Gasteiger partial charge in [0.2, 0.25) is 0 Å². The average Bonchev–Trinajstić information content (AvgIpc) is 2.50. The maximum absolute atomic E-state index is 9.92. The van der Waals surface area contributed by atoms with Crippen LogP contribution in [0.2, 0.25) is 0 Å². The molecule has 7 heteroatoms. The summed E-state index contributed by atoms with van der Waals surface area (Å²) in [6.07, 6.45) is -5.92. The molecule has 1 saturated heterocycles. The Morgan fingerprint density at radius 1 is 1.10 bits per heavy atom. The number of hydrogen-bond donors (Lipinski definition) is 5. The van der Waals surface area contributed by atoms with E-state index < -0.39 is 37.3 Å². The largest absolute Gasteiger partial charge is 0.494 e. The van der Waals surface area contributed by atoms with Crippen LogP contribution in [-0.2, 0) is 4.74 Å². The molecule has 1 fully saturated rings. The molecule has 0 radical (unpaired) electrons. The molecule has 0 unspecified atom stereocenters. The molecule has 1 aromatic rings. The molecule has 1 aromatic carbocycles. The van der Waals surface area contributed by atoms with Gasteiger partial charge in [0.15, 0.2) is 6.23 Å². The molecule has 0 aromatic heterocycles. The number of anilines is 1. The van der Waals surface area contributed by atoms with Crippen LogP contribution in [0, 0.1) is 0 Å². The van der Waals surface area contributed by atoms with Crippen LogP contribution in [0.25, 0.3) is 0 Å². The Morgan fingerprint density at radius 2 is 1.76 bits per heavy atom. The molecule has 0 spiro atoms. The van der Waals surface area contributed by atoms with E-state index in [-0.39, 0.29) is 0 Å². The van der Waals surface area contributed by atoms with Gasteiger partial charge >= 0.3 is 0 Å². The molecule has 0 amide bonds. The second-order valence-electron chi connectivity index (χ2n) is 4.85. The Hall–Kier alpha value is -1.38. The minimum Gasteiger partial charge on any atom is -0.494 e. The van der Waals surface area contributed by atoms with Gasteiger partial charge in [-0.25, -0.2) is 0 Å². The zero-order chi connectivity index (χ0) is 15.4. The lowest BCUT2D eigenvalue weighted by Crippen LogP contribution is -2.60. The van der Waals surface area contributed by atoms with Crippen molar-refractivity contribution >= 4 is 5.69 Å². The first-order chi connectivity index (χ1) is 10.1. The Labute approximate surface area is 122 Å². The first kappa shape index (κ1) is 16.0. The molecule has 5 N–H and O–H groups in total. The van der Waals surface area contributed by atoms with Crippen LogP contribution in [0.5, 0.6) is 5.75 Å². The quantitative estimate of drug-likeness (QED) is 0.489. The molecule has 1 aliphatic heterocycles. The predicted octanol–water partition coefficient (Wildman–Crippen LogP) is -0.703. The zero-order valence-corrected chi connectivity index (χ0v) is 11.7. The molecule has 5 atom stereocenters. The van der Waals surface area contributed by atoms with Crippen LogP contribution >= 0.6 is 0 Å². The smallest absolute Gasteiger partial charge is 0.157 e. The maximum atomic E-state index is 9.92. The molecular formula is C14H21NO6. The second-order valence-corrected chi connectivity index (χ2v) is 4.85. The maximum Gasteiger partial charge on any atom is 0.157 e. The summed E-state index contributed by atoms with van der Waals surface area (Å²) >= 11 is 0. The van der Waals surface area contributed by atoms with Crippen LogP contribution < -0.4 is 10.1 Å². The highest BCUT2D eigenvalue weighted by atomic mass is 16.6. The van der Waals surface area contributed by atoms with Crippen molar-refractivity contribution in [3.05, 3.63) is 24.3 Å². The topological polar surface area (TPSA) is 111 Å². The van der Waals surface area contributed by atoms with Gasteiger partial charge in [0.25, 0.3) is 0 Å². The van der Waals surface area contributed by atoms with E-state index in [2.05, 4.69) is 5.32 Å². The van der Waals surface area contributed by atoms with Crippen molar-refractivity contribution in [1.82, 2.24) is 0 Å². The van der Waals surface area contributed by atoms with Gasteiger partial charge in [-0.05, 0) is 31.2 Å². The summed E-state index contributed by atoms with van der Waals surface area (Å²) in [5.41, 5.74) is 0.655. The molecule has 0 saturated carbocycles. The van der Waals surface area contributed by atoms with E-state index in [4.69, 9.17) is 14.6 Å². The third-order valence-corrected chi connectivity index (χ3v) is 3.37. The Morgan fingerprint density at radius 3 is 2.33 bits per heavy atom. The number of aliphatic hydroxyl groups is 4. The van der Waals surface area contributed by atoms with Gasteiger partial charge < -0.3 is 35.2 Å². The van der Waals surface area contributed by atoms with Crippen LogP contribution in [0.4, 0.5) is 5.69 Å². The standard InChI is InChI=1S/C14H21NO6/c1-2-20-9-5-3-8(4-6-9)15-14-13(19)12(18)11(17)10(7-16)21-14/h3-6,10-19H,2,7H2,1H3/t10-,11+,12+,13+,14+/m0/s1. The first-order valence-corrected chi connectivity index (χ1v) is 6.86. The Kier molecular flexibility index (Phi) is 5.38. The lowest BCUT2D eigenvalue weighted by Gasteiger charge is -2.40. The second kappa shape index (κ2) is 7.06. The van der Waals surface area contributed by atoms with Crippen LogP contribution in [0.1, 0.15) is 6.92 Å². The lowest BCUT2D eigenvalue weighted by molar-refractivity contribution is -0.221. The fourth-order valence-corrected chi connectivity index (χ4v) is 2.20. The number of ether oxygens (including phenoxy) is 2. The molecule has 1 aliphatic rings. The Balaban J connectivity index is 2.03. The molecule has 21 heavy (non-hydrogen) atoms. The van der Waals surface area contributed by atoms with Crippen LogP contribution in [0.3, 0.4) is 0 Å². The van der Waals surface area contributed by atoms with Gasteiger partial charge in [0.05, 0.1) is 13.2 Å². The average molecular weight is 299 g/mol. The molecule has 0 bridgehead atoms. The lowest BCUT2D eigenvalue weighted by atomic mass is 9.98. The van der Waals surface area contributed by atoms with Gasteiger partial charge in [0.1, 0.15) is 30.2 Å². The zero-order valence-electron chi connectivity index (χ0n) is 11.7. The summed E-state index contributed by atoms with van der Waals surface area (Å²) in [7, 11) is 0. The van der Waals surface area contributed by atoms with Crippen molar-refractivity contribution in [2.45, 2.75) is 37.6 Å². The van der Waals surface area contributed by atoms with Gasteiger partial charge in [-0.3, -0.25) is 0 Å². The van der Waals surface area contributed by atoms with E-state index in [1.807, 2.05) is 6.92 Å². The molecule has 1 heterocycles. The number of rotatable bonds is 5. The number of benzene rings is 1. The van der Waals surface area contributed by atoms with E-state index in [1.54, 1.807) is 24.3 Å². The van der Waals surface area contributed by atoms with Crippen molar-refractivity contribution in [3.63, 3.8) is 0 Å². The molecule has 7 nitrogen and oxygen atoms in total. The van der Waals surface area contributed by atoms with Crippen molar-refractivity contribution in [2.75, 3.05) is 18.5 Å². The SMILES string of the molecule is CCOc1ccc(N[C@@H]2O[C@@H](CO)[C@@H](O)[C@@H](O)[C@H]2O)cc1. The van der Waals surface area contributed by atoms with E-state index in [9.17, 15) is 15.3 Å². The summed E-state index contributed by atoms with van der Waals surface area (Å²) in [6, 6.07) is 7.00. The monoisotopic (exact) mass is 299 g/mol. The first-order valence-electron chi connectivity index (χ1n) is 6.86. The highest BCUT2D eigenvalue weighted by Gasteiger charge is 2.43. The summed E-state index contributed by atoms with van der Waals surface area (Å²) < 4.78 is 10.7. The third kappa shape index (κ3) is 3.63. The van der Waals surface area contributed by atoms with Crippen molar-refractivity contribution in [3.8, 4) is 5.75 Å². The van der Waals surface area contributed by atoms with Crippen molar-refractivity contribution in [2.24, 2.45) is 0 Å². The van der Waals surface area contributed by atoms with E-state index in [1.165, 1.54) is 0 Å². The van der Waals surface area contributed by atoms with Crippen LogP contribution in [0.15, 0.2) is 24.3 Å². The molecular weight excluding hydrogens is 278 g/mol. The van der Waals surface area contributed by atoms with Crippen molar-refractivity contribution in [1.29, 1.82) is 0 Å². The van der Waals surface area contributed by atoms with Gasteiger partial charge in [-0.1, -0.05) is 0 Å².